The summed E-state index contributed by atoms with van der Waals surface area (Å²) in [5, 5.41) is 3.26. The van der Waals surface area contributed by atoms with Crippen LogP contribution in [0.4, 0.5) is 0 Å². The Kier molecular flexibility index (Phi) is 4.10. The number of piperidine rings is 1. The molecule has 0 radical (unpaired) electrons. The molecule has 2 rings (SSSR count). The van der Waals surface area contributed by atoms with Crippen LogP contribution in [0, 0.1) is 11.3 Å². The molecule has 100 valence electrons. The molecular weight excluding hydrogens is 236 g/mol. The Morgan fingerprint density at radius 3 is 2.65 bits per heavy atom. The van der Waals surface area contributed by atoms with Crippen molar-refractivity contribution in [3.8, 4) is 0 Å². The van der Waals surface area contributed by atoms with E-state index in [1.165, 1.54) is 6.42 Å². The molecule has 1 aliphatic carbocycles. The van der Waals surface area contributed by atoms with Gasteiger partial charge in [0.15, 0.2) is 0 Å². The first-order valence-corrected chi connectivity index (χ1v) is 8.32. The fourth-order valence-corrected chi connectivity index (χ4v) is 4.27. The summed E-state index contributed by atoms with van der Waals surface area (Å²) >= 11 is 0. The fraction of sp³-hybridized carbons (Fsp3) is 1.00. The van der Waals surface area contributed by atoms with Crippen molar-refractivity contribution in [2.75, 3.05) is 25.4 Å². The van der Waals surface area contributed by atoms with Gasteiger partial charge < -0.3 is 5.32 Å². The maximum Gasteiger partial charge on any atom is 0.211 e. The van der Waals surface area contributed by atoms with Crippen molar-refractivity contribution >= 4 is 10.0 Å². The highest BCUT2D eigenvalue weighted by Gasteiger charge is 2.33. The fourth-order valence-electron chi connectivity index (χ4n) is 2.68. The van der Waals surface area contributed by atoms with Crippen molar-refractivity contribution in [3.63, 3.8) is 0 Å². The summed E-state index contributed by atoms with van der Waals surface area (Å²) < 4.78 is 26.7. The zero-order valence-corrected chi connectivity index (χ0v) is 11.5. The van der Waals surface area contributed by atoms with Gasteiger partial charge in [0, 0.05) is 6.54 Å². The van der Waals surface area contributed by atoms with Crippen LogP contribution in [0.25, 0.3) is 0 Å². The molecule has 0 aromatic carbocycles. The van der Waals surface area contributed by atoms with Crippen LogP contribution in [0.1, 0.15) is 39.0 Å². The molecule has 0 aromatic rings. The van der Waals surface area contributed by atoms with E-state index < -0.39 is 10.0 Å². The lowest BCUT2D eigenvalue weighted by molar-refractivity contribution is 0.166. The van der Waals surface area contributed by atoms with Gasteiger partial charge >= 0.3 is 0 Å². The van der Waals surface area contributed by atoms with E-state index in [-0.39, 0.29) is 17.1 Å². The normalized spacial score (nSPS) is 28.6. The van der Waals surface area contributed by atoms with Crippen LogP contribution in [0.3, 0.4) is 0 Å². The molecule has 2 N–H and O–H groups in total. The zero-order chi connectivity index (χ0) is 12.4. The van der Waals surface area contributed by atoms with Crippen LogP contribution >= 0.6 is 0 Å². The molecule has 1 heterocycles. The topological polar surface area (TPSA) is 58.2 Å². The van der Waals surface area contributed by atoms with Crippen molar-refractivity contribution in [2.24, 2.45) is 11.3 Å². The van der Waals surface area contributed by atoms with E-state index in [1.54, 1.807) is 0 Å². The van der Waals surface area contributed by atoms with Gasteiger partial charge in [-0.1, -0.05) is 13.3 Å². The molecule has 1 saturated carbocycles. The predicted molar refractivity (Wildman–Crippen MR) is 69.3 cm³/mol. The highest BCUT2D eigenvalue weighted by molar-refractivity contribution is 7.89. The maximum absolute atomic E-state index is 11.9. The lowest BCUT2D eigenvalue weighted by atomic mass is 9.71. The SMILES string of the molecule is CC1(CNS(=O)(=O)CC2CCCNC2)CCC1. The van der Waals surface area contributed by atoms with Gasteiger partial charge in [0.25, 0.3) is 0 Å². The molecule has 1 unspecified atom stereocenters. The number of nitrogens with one attached hydrogen (secondary N) is 2. The third-order valence-corrected chi connectivity index (χ3v) is 5.63. The molecule has 17 heavy (non-hydrogen) atoms. The van der Waals surface area contributed by atoms with E-state index in [9.17, 15) is 8.42 Å². The molecule has 1 atom stereocenters. The van der Waals surface area contributed by atoms with Gasteiger partial charge in [-0.05, 0) is 50.1 Å². The molecule has 0 amide bonds. The second-order valence-corrected chi connectivity index (χ2v) is 7.83. The highest BCUT2D eigenvalue weighted by Crippen LogP contribution is 2.39. The minimum atomic E-state index is -3.08. The highest BCUT2D eigenvalue weighted by atomic mass is 32.2. The summed E-state index contributed by atoms with van der Waals surface area (Å²) in [4.78, 5) is 0. The van der Waals surface area contributed by atoms with Crippen molar-refractivity contribution in [1.82, 2.24) is 10.0 Å². The van der Waals surface area contributed by atoms with Gasteiger partial charge in [-0.15, -0.1) is 0 Å². The molecule has 0 aromatic heterocycles. The van der Waals surface area contributed by atoms with Crippen LogP contribution in [0.2, 0.25) is 0 Å². The first-order chi connectivity index (χ1) is 7.99. The lowest BCUT2D eigenvalue weighted by Crippen LogP contribution is -2.43. The van der Waals surface area contributed by atoms with Gasteiger partial charge in [0.05, 0.1) is 5.75 Å². The Balaban J connectivity index is 1.77. The molecule has 1 saturated heterocycles. The van der Waals surface area contributed by atoms with Crippen molar-refractivity contribution < 1.29 is 8.42 Å². The molecule has 0 spiro atoms. The molecule has 4 nitrogen and oxygen atoms in total. The molecule has 2 aliphatic rings. The molecular formula is C12H24N2O2S. The van der Waals surface area contributed by atoms with E-state index in [0.29, 0.717) is 6.54 Å². The van der Waals surface area contributed by atoms with Gasteiger partial charge in [-0.3, -0.25) is 0 Å². The van der Waals surface area contributed by atoms with Crippen LogP contribution in [0.5, 0.6) is 0 Å². The standard InChI is InChI=1S/C12H24N2O2S/c1-12(5-3-6-12)10-14-17(15,16)9-11-4-2-7-13-8-11/h11,13-14H,2-10H2,1H3. The Morgan fingerprint density at radius 2 is 2.12 bits per heavy atom. The zero-order valence-electron chi connectivity index (χ0n) is 10.7. The number of rotatable bonds is 5. The smallest absolute Gasteiger partial charge is 0.211 e. The Hall–Kier alpha value is -0.130. The van der Waals surface area contributed by atoms with Gasteiger partial charge in [-0.2, -0.15) is 0 Å². The summed E-state index contributed by atoms with van der Waals surface area (Å²) in [5.74, 6) is 0.575. The van der Waals surface area contributed by atoms with Crippen molar-refractivity contribution in [1.29, 1.82) is 0 Å². The van der Waals surface area contributed by atoms with Gasteiger partial charge in [0.1, 0.15) is 0 Å². The summed E-state index contributed by atoms with van der Waals surface area (Å²) in [5.41, 5.74) is 0.220. The minimum Gasteiger partial charge on any atom is -0.316 e. The van der Waals surface area contributed by atoms with Crippen LogP contribution < -0.4 is 10.0 Å². The Morgan fingerprint density at radius 1 is 1.35 bits per heavy atom. The predicted octanol–water partition coefficient (Wildman–Crippen LogP) is 1.10. The van der Waals surface area contributed by atoms with Crippen molar-refractivity contribution in [3.05, 3.63) is 0 Å². The quantitative estimate of drug-likeness (QED) is 0.778. The number of hydrogen-bond donors (Lipinski definition) is 2. The first kappa shape index (κ1) is 13.3. The van der Waals surface area contributed by atoms with E-state index in [2.05, 4.69) is 17.0 Å². The Labute approximate surface area is 105 Å². The largest absolute Gasteiger partial charge is 0.316 e. The van der Waals surface area contributed by atoms with Gasteiger partial charge in [-0.25, -0.2) is 13.1 Å². The summed E-state index contributed by atoms with van der Waals surface area (Å²) in [6.45, 7) is 4.66. The molecule has 2 fully saturated rings. The van der Waals surface area contributed by atoms with Crippen LogP contribution in [0.15, 0.2) is 0 Å². The second kappa shape index (κ2) is 5.24. The van der Waals surface area contributed by atoms with Crippen LogP contribution in [-0.2, 0) is 10.0 Å². The van der Waals surface area contributed by atoms with E-state index >= 15 is 0 Å². The third-order valence-electron chi connectivity index (χ3n) is 4.13. The van der Waals surface area contributed by atoms with E-state index in [4.69, 9.17) is 0 Å². The number of sulfonamides is 1. The molecule has 1 aliphatic heterocycles. The van der Waals surface area contributed by atoms with E-state index in [1.807, 2.05) is 0 Å². The summed E-state index contributed by atoms with van der Waals surface area (Å²) in [6.07, 6.45) is 5.68. The average Bonchev–Trinajstić information content (AvgIpc) is 2.25. The minimum absolute atomic E-state index is 0.220. The first-order valence-electron chi connectivity index (χ1n) is 6.67. The van der Waals surface area contributed by atoms with Crippen LogP contribution in [-0.4, -0.2) is 33.8 Å². The molecule has 5 heteroatoms. The lowest BCUT2D eigenvalue weighted by Gasteiger charge is -2.38. The maximum atomic E-state index is 11.9. The van der Waals surface area contributed by atoms with Gasteiger partial charge in [0.2, 0.25) is 10.0 Å². The second-order valence-electron chi connectivity index (χ2n) is 5.98. The van der Waals surface area contributed by atoms with E-state index in [0.717, 1.165) is 38.8 Å². The summed E-state index contributed by atoms with van der Waals surface area (Å²) in [7, 11) is -3.08. The monoisotopic (exact) mass is 260 g/mol. The Bertz CT molecular complexity index is 344. The molecule has 0 bridgehead atoms. The third kappa shape index (κ3) is 3.93. The van der Waals surface area contributed by atoms with Crippen molar-refractivity contribution in [2.45, 2.75) is 39.0 Å². The average molecular weight is 260 g/mol. The summed E-state index contributed by atoms with van der Waals surface area (Å²) in [6, 6.07) is 0. The number of hydrogen-bond acceptors (Lipinski definition) is 3.